The van der Waals surface area contributed by atoms with E-state index >= 15 is 0 Å². The van der Waals surface area contributed by atoms with E-state index in [0.717, 1.165) is 11.3 Å². The maximum Gasteiger partial charge on any atom is 0.270 e. The summed E-state index contributed by atoms with van der Waals surface area (Å²) in [4.78, 5) is 28.0. The van der Waals surface area contributed by atoms with Crippen LogP contribution in [-0.4, -0.2) is 26.7 Å². The number of benzene rings is 4. The van der Waals surface area contributed by atoms with Gasteiger partial charge in [-0.25, -0.2) is 4.68 Å². The number of nitrogens with one attached hydrogen (secondary N) is 1. The van der Waals surface area contributed by atoms with Gasteiger partial charge in [-0.1, -0.05) is 66.7 Å². The van der Waals surface area contributed by atoms with Crippen LogP contribution >= 0.6 is 12.2 Å². The molecule has 0 saturated carbocycles. The van der Waals surface area contributed by atoms with Crippen LogP contribution < -0.4 is 15.0 Å². The van der Waals surface area contributed by atoms with E-state index in [4.69, 9.17) is 22.1 Å². The Morgan fingerprint density at radius 3 is 2.00 bits per heavy atom. The molecule has 4 aromatic carbocycles. The minimum absolute atomic E-state index is 0.00661. The van der Waals surface area contributed by atoms with Gasteiger partial charge in [0, 0.05) is 17.3 Å². The Kier molecular flexibility index (Phi) is 6.74. The molecule has 0 bridgehead atoms. The molecule has 194 valence electrons. The number of nitrogens with zero attached hydrogens (tertiary/aromatic N) is 3. The van der Waals surface area contributed by atoms with Crippen LogP contribution in [0.4, 0.5) is 5.69 Å². The third-order valence-electron chi connectivity index (χ3n) is 6.29. The first kappa shape index (κ1) is 25.0. The molecule has 0 aliphatic carbocycles. The predicted octanol–water partition coefficient (Wildman–Crippen LogP) is 6.16. The lowest BCUT2D eigenvalue weighted by Gasteiger charge is -2.29. The number of hydrogen-bond acceptors (Lipinski definition) is 5. The normalized spacial score (nSPS) is 14.3. The summed E-state index contributed by atoms with van der Waals surface area (Å²) >= 11 is 5.39. The third kappa shape index (κ3) is 5.03. The Morgan fingerprint density at radius 1 is 0.725 bits per heavy atom. The number of carbonyl (C=O) groups is 2. The lowest BCUT2D eigenvalue weighted by atomic mass is 10.0. The zero-order chi connectivity index (χ0) is 27.5. The van der Waals surface area contributed by atoms with Gasteiger partial charge >= 0.3 is 0 Å². The highest BCUT2D eigenvalue weighted by molar-refractivity contribution is 7.80. The first-order chi connectivity index (χ1) is 19.6. The molecule has 6 rings (SSSR count). The number of aromatic nitrogens is 2. The first-order valence-corrected chi connectivity index (χ1v) is 12.9. The molecule has 1 aliphatic rings. The number of rotatable bonds is 6. The van der Waals surface area contributed by atoms with E-state index in [-0.39, 0.29) is 10.7 Å². The Labute approximate surface area is 236 Å². The van der Waals surface area contributed by atoms with Crippen LogP contribution in [0.15, 0.2) is 127 Å². The molecule has 0 radical (unpaired) electrons. The van der Waals surface area contributed by atoms with E-state index in [0.29, 0.717) is 28.4 Å². The summed E-state index contributed by atoms with van der Waals surface area (Å²) in [5.41, 5.74) is 3.42. The second-order valence-corrected chi connectivity index (χ2v) is 9.33. The fourth-order valence-corrected chi connectivity index (χ4v) is 4.64. The summed E-state index contributed by atoms with van der Waals surface area (Å²) in [6.45, 7) is 0. The largest absolute Gasteiger partial charge is 0.457 e. The van der Waals surface area contributed by atoms with E-state index in [1.54, 1.807) is 41.2 Å². The topological polar surface area (TPSA) is 76.5 Å². The van der Waals surface area contributed by atoms with Crippen molar-refractivity contribution in [2.75, 3.05) is 4.90 Å². The molecule has 8 heteroatoms. The minimum Gasteiger partial charge on any atom is -0.457 e. The van der Waals surface area contributed by atoms with Crippen molar-refractivity contribution in [1.29, 1.82) is 0 Å². The first-order valence-electron chi connectivity index (χ1n) is 12.5. The van der Waals surface area contributed by atoms with Gasteiger partial charge in [-0.3, -0.25) is 19.8 Å². The standard InChI is InChI=1S/C32H22N4O3S/c37-30-28(20-23-21-35(24-12-6-2-7-13-24)34-29(23)22-10-4-1-5-11-22)31(38)36(32(40)33-30)25-16-18-27(19-17-25)39-26-14-8-3-9-15-26/h1-21H,(H,33,37,40). The molecule has 1 N–H and O–H groups in total. The van der Waals surface area contributed by atoms with Gasteiger partial charge in [0.15, 0.2) is 5.11 Å². The van der Waals surface area contributed by atoms with Crippen molar-refractivity contribution in [3.05, 3.63) is 133 Å². The molecule has 0 atom stereocenters. The summed E-state index contributed by atoms with van der Waals surface area (Å²) in [7, 11) is 0. The van der Waals surface area contributed by atoms with Gasteiger partial charge in [-0.15, -0.1) is 0 Å². The number of anilines is 1. The molecule has 2 amide bonds. The molecule has 0 spiro atoms. The van der Waals surface area contributed by atoms with Gasteiger partial charge in [0.1, 0.15) is 17.1 Å². The highest BCUT2D eigenvalue weighted by Gasteiger charge is 2.35. The highest BCUT2D eigenvalue weighted by atomic mass is 32.1. The number of para-hydroxylation sites is 2. The smallest absolute Gasteiger partial charge is 0.270 e. The molecule has 1 fully saturated rings. The summed E-state index contributed by atoms with van der Waals surface area (Å²) in [6, 6.07) is 35.6. The maximum absolute atomic E-state index is 13.7. The molecule has 40 heavy (non-hydrogen) atoms. The molecule has 0 unspecified atom stereocenters. The maximum atomic E-state index is 13.7. The van der Waals surface area contributed by atoms with Crippen molar-refractivity contribution in [2.45, 2.75) is 0 Å². The Bertz CT molecular complexity index is 1730. The average molecular weight is 543 g/mol. The number of carbonyl (C=O) groups excluding carboxylic acids is 2. The molecular formula is C32H22N4O3S. The van der Waals surface area contributed by atoms with E-state index in [1.807, 2.05) is 91.0 Å². The van der Waals surface area contributed by atoms with Gasteiger partial charge in [0.25, 0.3) is 11.8 Å². The third-order valence-corrected chi connectivity index (χ3v) is 6.57. The van der Waals surface area contributed by atoms with Crippen LogP contribution in [0.3, 0.4) is 0 Å². The van der Waals surface area contributed by atoms with E-state index in [2.05, 4.69) is 5.32 Å². The number of amides is 2. The van der Waals surface area contributed by atoms with Crippen LogP contribution in [0.1, 0.15) is 5.56 Å². The molecule has 1 aliphatic heterocycles. The van der Waals surface area contributed by atoms with Gasteiger partial charge in [0.2, 0.25) is 0 Å². The molecule has 1 saturated heterocycles. The molecular weight excluding hydrogens is 520 g/mol. The van der Waals surface area contributed by atoms with Crippen molar-refractivity contribution in [2.24, 2.45) is 0 Å². The van der Waals surface area contributed by atoms with Gasteiger partial charge in [-0.05, 0) is 66.8 Å². The quantitative estimate of drug-likeness (QED) is 0.158. The van der Waals surface area contributed by atoms with Gasteiger partial charge < -0.3 is 4.74 Å². The van der Waals surface area contributed by atoms with Crippen LogP contribution in [0.2, 0.25) is 0 Å². The van der Waals surface area contributed by atoms with Gasteiger partial charge in [0.05, 0.1) is 17.1 Å². The second kappa shape index (κ2) is 10.8. The molecule has 1 aromatic heterocycles. The second-order valence-electron chi connectivity index (χ2n) is 8.95. The monoisotopic (exact) mass is 542 g/mol. The minimum atomic E-state index is -0.568. The number of ether oxygens (including phenoxy) is 1. The number of hydrogen-bond donors (Lipinski definition) is 1. The lowest BCUT2D eigenvalue weighted by molar-refractivity contribution is -0.122. The molecule has 2 heterocycles. The molecule has 7 nitrogen and oxygen atoms in total. The average Bonchev–Trinajstić information content (AvgIpc) is 3.41. The SMILES string of the molecule is O=C1NC(=S)N(c2ccc(Oc3ccccc3)cc2)C(=O)C1=Cc1cn(-c2ccccc2)nc1-c1ccccc1. The summed E-state index contributed by atoms with van der Waals surface area (Å²) in [6.07, 6.45) is 3.37. The van der Waals surface area contributed by atoms with Crippen LogP contribution in [-0.2, 0) is 9.59 Å². The van der Waals surface area contributed by atoms with Crippen LogP contribution in [0, 0.1) is 0 Å². The lowest BCUT2D eigenvalue weighted by Crippen LogP contribution is -2.54. The Morgan fingerprint density at radius 2 is 1.32 bits per heavy atom. The summed E-state index contributed by atoms with van der Waals surface area (Å²) in [5, 5.41) is 7.44. The zero-order valence-electron chi connectivity index (χ0n) is 21.1. The highest BCUT2D eigenvalue weighted by Crippen LogP contribution is 2.29. The zero-order valence-corrected chi connectivity index (χ0v) is 21.9. The predicted molar refractivity (Wildman–Crippen MR) is 158 cm³/mol. The summed E-state index contributed by atoms with van der Waals surface area (Å²) < 4.78 is 7.59. The Hall–Kier alpha value is -5.34. The Balaban J connectivity index is 1.35. The van der Waals surface area contributed by atoms with E-state index < -0.39 is 11.8 Å². The van der Waals surface area contributed by atoms with Crippen molar-refractivity contribution < 1.29 is 14.3 Å². The van der Waals surface area contributed by atoms with Crippen molar-refractivity contribution >= 4 is 40.9 Å². The fourth-order valence-electron chi connectivity index (χ4n) is 4.36. The van der Waals surface area contributed by atoms with Crippen LogP contribution in [0.25, 0.3) is 23.0 Å². The summed E-state index contributed by atoms with van der Waals surface area (Å²) in [5.74, 6) is 0.201. The van der Waals surface area contributed by atoms with E-state index in [9.17, 15) is 9.59 Å². The van der Waals surface area contributed by atoms with Crippen molar-refractivity contribution in [3.63, 3.8) is 0 Å². The van der Waals surface area contributed by atoms with Gasteiger partial charge in [-0.2, -0.15) is 5.10 Å². The van der Waals surface area contributed by atoms with E-state index in [1.165, 1.54) is 4.90 Å². The van der Waals surface area contributed by atoms with Crippen molar-refractivity contribution in [1.82, 2.24) is 15.1 Å². The van der Waals surface area contributed by atoms with Crippen molar-refractivity contribution in [3.8, 4) is 28.4 Å². The molecule has 5 aromatic rings. The fraction of sp³-hybridized carbons (Fsp3) is 0. The van der Waals surface area contributed by atoms with Crippen LogP contribution in [0.5, 0.6) is 11.5 Å². The number of thiocarbonyl (C=S) groups is 1.